The van der Waals surface area contributed by atoms with Gasteiger partial charge in [0.15, 0.2) is 6.61 Å². The Labute approximate surface area is 110 Å². The Hall–Kier alpha value is -2.11. The monoisotopic (exact) mass is 269 g/mol. The predicted molar refractivity (Wildman–Crippen MR) is 66.3 cm³/mol. The molecule has 0 radical (unpaired) electrons. The Kier molecular flexibility index (Phi) is 5.78. The molecule has 0 saturated heterocycles. The molecule has 0 aliphatic rings. The van der Waals surface area contributed by atoms with E-state index in [2.05, 4.69) is 0 Å². The Morgan fingerprint density at radius 2 is 2.11 bits per heavy atom. The van der Waals surface area contributed by atoms with Gasteiger partial charge in [0.1, 0.15) is 17.1 Å². The standard InChI is InChI=1S/C13H16FNO4/c1-2-3-7-18-11(16)8-19-10-6-4-5-9(14)12(10)13(15)17/h4-6H,2-3,7-8H2,1H3,(H2,15,17). The van der Waals surface area contributed by atoms with Crippen LogP contribution in [0.5, 0.6) is 5.75 Å². The van der Waals surface area contributed by atoms with Crippen LogP contribution in [0.1, 0.15) is 30.1 Å². The summed E-state index contributed by atoms with van der Waals surface area (Å²) in [6, 6.07) is 3.81. The quantitative estimate of drug-likeness (QED) is 0.603. The van der Waals surface area contributed by atoms with Gasteiger partial charge in [0.25, 0.3) is 5.91 Å². The molecule has 0 saturated carbocycles. The van der Waals surface area contributed by atoms with Gasteiger partial charge in [0, 0.05) is 0 Å². The lowest BCUT2D eigenvalue weighted by Crippen LogP contribution is -2.19. The smallest absolute Gasteiger partial charge is 0.344 e. The number of benzene rings is 1. The molecule has 104 valence electrons. The molecule has 1 aromatic rings. The lowest BCUT2D eigenvalue weighted by atomic mass is 10.2. The molecule has 0 atom stereocenters. The van der Waals surface area contributed by atoms with E-state index in [4.69, 9.17) is 15.2 Å². The van der Waals surface area contributed by atoms with E-state index >= 15 is 0 Å². The first-order valence-corrected chi connectivity index (χ1v) is 5.93. The zero-order valence-electron chi connectivity index (χ0n) is 10.6. The number of unbranched alkanes of at least 4 members (excludes halogenated alkanes) is 1. The molecule has 19 heavy (non-hydrogen) atoms. The van der Waals surface area contributed by atoms with E-state index < -0.39 is 24.3 Å². The Morgan fingerprint density at radius 3 is 2.74 bits per heavy atom. The molecule has 0 fully saturated rings. The van der Waals surface area contributed by atoms with Crippen LogP contribution in [0.3, 0.4) is 0 Å². The van der Waals surface area contributed by atoms with Crippen LogP contribution < -0.4 is 10.5 Å². The van der Waals surface area contributed by atoms with Crippen molar-refractivity contribution in [3.8, 4) is 5.75 Å². The van der Waals surface area contributed by atoms with Crippen LogP contribution in [0.2, 0.25) is 0 Å². The number of primary amides is 1. The highest BCUT2D eigenvalue weighted by Crippen LogP contribution is 2.20. The summed E-state index contributed by atoms with van der Waals surface area (Å²) in [6.07, 6.45) is 1.67. The van der Waals surface area contributed by atoms with Crippen LogP contribution in [0.25, 0.3) is 0 Å². The average Bonchev–Trinajstić information content (AvgIpc) is 2.36. The summed E-state index contributed by atoms with van der Waals surface area (Å²) in [7, 11) is 0. The number of carbonyl (C=O) groups is 2. The van der Waals surface area contributed by atoms with Gasteiger partial charge in [0.05, 0.1) is 6.61 Å². The van der Waals surface area contributed by atoms with Gasteiger partial charge in [-0.25, -0.2) is 9.18 Å². The fraction of sp³-hybridized carbons (Fsp3) is 0.385. The third-order valence-electron chi connectivity index (χ3n) is 2.33. The molecule has 2 N–H and O–H groups in total. The highest BCUT2D eigenvalue weighted by molar-refractivity contribution is 5.96. The van der Waals surface area contributed by atoms with Gasteiger partial charge >= 0.3 is 5.97 Å². The van der Waals surface area contributed by atoms with Gasteiger partial charge in [-0.05, 0) is 18.6 Å². The van der Waals surface area contributed by atoms with Gasteiger partial charge in [-0.15, -0.1) is 0 Å². The maximum atomic E-state index is 13.4. The van der Waals surface area contributed by atoms with Crippen molar-refractivity contribution in [2.45, 2.75) is 19.8 Å². The number of halogens is 1. The second-order valence-electron chi connectivity index (χ2n) is 3.84. The fourth-order valence-corrected chi connectivity index (χ4v) is 1.37. The summed E-state index contributed by atoms with van der Waals surface area (Å²) in [6.45, 7) is 1.88. The summed E-state index contributed by atoms with van der Waals surface area (Å²) < 4.78 is 23.3. The number of ether oxygens (including phenoxy) is 2. The Bertz CT molecular complexity index is 462. The summed E-state index contributed by atoms with van der Waals surface area (Å²) >= 11 is 0. The summed E-state index contributed by atoms with van der Waals surface area (Å²) in [5.41, 5.74) is 4.67. The first-order chi connectivity index (χ1) is 9.06. The predicted octanol–water partition coefficient (Wildman–Crippen LogP) is 1.65. The summed E-state index contributed by atoms with van der Waals surface area (Å²) in [5, 5.41) is 0. The molecule has 6 heteroatoms. The van der Waals surface area contributed by atoms with E-state index in [0.717, 1.165) is 18.9 Å². The third-order valence-corrected chi connectivity index (χ3v) is 2.33. The van der Waals surface area contributed by atoms with Gasteiger partial charge in [-0.1, -0.05) is 19.4 Å². The number of hydrogen-bond donors (Lipinski definition) is 1. The van der Waals surface area contributed by atoms with Crippen LogP contribution in [-0.4, -0.2) is 25.1 Å². The van der Waals surface area contributed by atoms with Crippen molar-refractivity contribution in [2.75, 3.05) is 13.2 Å². The first-order valence-electron chi connectivity index (χ1n) is 5.93. The molecule has 0 aliphatic carbocycles. The molecule has 0 bridgehead atoms. The van der Waals surface area contributed by atoms with E-state index in [1.165, 1.54) is 12.1 Å². The number of nitrogens with two attached hydrogens (primary N) is 1. The summed E-state index contributed by atoms with van der Waals surface area (Å²) in [4.78, 5) is 22.4. The fourth-order valence-electron chi connectivity index (χ4n) is 1.37. The van der Waals surface area contributed by atoms with Crippen molar-refractivity contribution in [1.82, 2.24) is 0 Å². The number of amides is 1. The van der Waals surface area contributed by atoms with Gasteiger partial charge < -0.3 is 15.2 Å². The van der Waals surface area contributed by atoms with Crippen LogP contribution in [0.4, 0.5) is 4.39 Å². The molecule has 1 rings (SSSR count). The normalized spacial score (nSPS) is 10.0. The highest BCUT2D eigenvalue weighted by atomic mass is 19.1. The molecular formula is C13H16FNO4. The van der Waals surface area contributed by atoms with E-state index in [-0.39, 0.29) is 11.3 Å². The number of rotatable bonds is 7. The second-order valence-corrected chi connectivity index (χ2v) is 3.84. The third kappa shape index (κ3) is 4.57. The zero-order valence-corrected chi connectivity index (χ0v) is 10.6. The van der Waals surface area contributed by atoms with E-state index in [0.29, 0.717) is 6.61 Å². The topological polar surface area (TPSA) is 78.6 Å². The van der Waals surface area contributed by atoms with Gasteiger partial charge in [0.2, 0.25) is 0 Å². The highest BCUT2D eigenvalue weighted by Gasteiger charge is 2.16. The van der Waals surface area contributed by atoms with Crippen molar-refractivity contribution in [3.05, 3.63) is 29.6 Å². The molecule has 0 spiro atoms. The molecule has 0 aliphatic heterocycles. The number of carbonyl (C=O) groups excluding carboxylic acids is 2. The molecule has 0 heterocycles. The molecule has 5 nitrogen and oxygen atoms in total. The van der Waals surface area contributed by atoms with Crippen molar-refractivity contribution < 1.29 is 23.5 Å². The summed E-state index contributed by atoms with van der Waals surface area (Å²) in [5.74, 6) is -2.38. The van der Waals surface area contributed by atoms with E-state index in [1.807, 2.05) is 6.92 Å². The van der Waals surface area contributed by atoms with E-state index in [1.54, 1.807) is 0 Å². The molecule has 0 aromatic heterocycles. The van der Waals surface area contributed by atoms with Gasteiger partial charge in [-0.2, -0.15) is 0 Å². The average molecular weight is 269 g/mol. The SMILES string of the molecule is CCCCOC(=O)COc1cccc(F)c1C(N)=O. The van der Waals surface area contributed by atoms with Crippen LogP contribution in [0, 0.1) is 5.82 Å². The van der Waals surface area contributed by atoms with Crippen molar-refractivity contribution in [3.63, 3.8) is 0 Å². The van der Waals surface area contributed by atoms with Crippen molar-refractivity contribution in [1.29, 1.82) is 0 Å². The lowest BCUT2D eigenvalue weighted by molar-refractivity contribution is -0.146. The maximum Gasteiger partial charge on any atom is 0.344 e. The van der Waals surface area contributed by atoms with Crippen molar-refractivity contribution >= 4 is 11.9 Å². The minimum Gasteiger partial charge on any atom is -0.481 e. The molecule has 0 unspecified atom stereocenters. The number of esters is 1. The van der Waals surface area contributed by atoms with Crippen LogP contribution in [-0.2, 0) is 9.53 Å². The minimum atomic E-state index is -0.951. The maximum absolute atomic E-state index is 13.4. The second kappa shape index (κ2) is 7.35. The number of hydrogen-bond acceptors (Lipinski definition) is 4. The molecule has 1 amide bonds. The molecular weight excluding hydrogens is 253 g/mol. The van der Waals surface area contributed by atoms with Gasteiger partial charge in [-0.3, -0.25) is 4.79 Å². The zero-order chi connectivity index (χ0) is 14.3. The first kappa shape index (κ1) is 14.9. The lowest BCUT2D eigenvalue weighted by Gasteiger charge is -2.09. The Morgan fingerprint density at radius 1 is 1.37 bits per heavy atom. The molecule has 1 aromatic carbocycles. The van der Waals surface area contributed by atoms with E-state index in [9.17, 15) is 14.0 Å². The van der Waals surface area contributed by atoms with Crippen LogP contribution in [0.15, 0.2) is 18.2 Å². The van der Waals surface area contributed by atoms with Crippen molar-refractivity contribution in [2.24, 2.45) is 5.73 Å². The largest absolute Gasteiger partial charge is 0.481 e. The Balaban J connectivity index is 2.60. The minimum absolute atomic E-state index is 0.0695. The van der Waals surface area contributed by atoms with Crippen LogP contribution >= 0.6 is 0 Å².